The molecule has 1 saturated heterocycles. The number of carbonyl (C=O) groups excluding carboxylic acids is 1. The second-order valence-corrected chi connectivity index (χ2v) is 8.89. The summed E-state index contributed by atoms with van der Waals surface area (Å²) < 4.78 is 13.3. The second kappa shape index (κ2) is 10.6. The summed E-state index contributed by atoms with van der Waals surface area (Å²) in [6, 6.07) is 25.5. The quantitative estimate of drug-likeness (QED) is 0.566. The number of hydrogen-bond acceptors (Lipinski definition) is 2. The molecule has 4 rings (SSSR count). The lowest BCUT2D eigenvalue weighted by Gasteiger charge is -2.37. The highest BCUT2D eigenvalue weighted by molar-refractivity contribution is 5.79. The molecule has 3 nitrogen and oxygen atoms in total. The zero-order valence-electron chi connectivity index (χ0n) is 18.6. The molecule has 0 aliphatic carbocycles. The van der Waals surface area contributed by atoms with Crippen molar-refractivity contribution in [3.05, 3.63) is 107 Å². The number of halogens is 1. The first kappa shape index (κ1) is 22.2. The number of nitrogens with zero attached hydrogens (tertiary/aromatic N) is 1. The smallest absolute Gasteiger partial charge is 0.224 e. The van der Waals surface area contributed by atoms with Crippen LogP contribution in [0.1, 0.15) is 34.6 Å². The lowest BCUT2D eigenvalue weighted by atomic mass is 9.83. The number of amides is 1. The van der Waals surface area contributed by atoms with E-state index in [4.69, 9.17) is 0 Å². The Balaban J connectivity index is 1.44. The third-order valence-corrected chi connectivity index (χ3v) is 6.29. The molecular weight excluding hydrogens is 399 g/mol. The van der Waals surface area contributed by atoms with E-state index in [1.807, 2.05) is 30.3 Å². The first-order valence-corrected chi connectivity index (χ1v) is 11.4. The highest BCUT2D eigenvalue weighted by atomic mass is 19.1. The molecule has 1 N–H and O–H groups in total. The highest BCUT2D eigenvalue weighted by Crippen LogP contribution is 2.31. The van der Waals surface area contributed by atoms with Gasteiger partial charge in [0.25, 0.3) is 0 Å². The van der Waals surface area contributed by atoms with Gasteiger partial charge < -0.3 is 5.32 Å². The predicted octanol–water partition coefficient (Wildman–Crippen LogP) is 5.10. The summed E-state index contributed by atoms with van der Waals surface area (Å²) in [5.74, 6) is 0.141. The highest BCUT2D eigenvalue weighted by Gasteiger charge is 2.32. The molecule has 0 spiro atoms. The minimum atomic E-state index is -0.222. The summed E-state index contributed by atoms with van der Waals surface area (Å²) in [6.07, 6.45) is 1.68. The molecule has 0 aromatic heterocycles. The van der Waals surface area contributed by atoms with E-state index in [-0.39, 0.29) is 17.6 Å². The van der Waals surface area contributed by atoms with Gasteiger partial charge in [-0.25, -0.2) is 4.39 Å². The number of piperidine rings is 1. The molecule has 1 fully saturated rings. The fourth-order valence-corrected chi connectivity index (χ4v) is 4.64. The van der Waals surface area contributed by atoms with Crippen LogP contribution in [0, 0.1) is 18.7 Å². The molecule has 166 valence electrons. The molecule has 3 aromatic carbocycles. The molecule has 1 aliphatic heterocycles. The van der Waals surface area contributed by atoms with Crippen LogP contribution in [0.25, 0.3) is 0 Å². The molecule has 32 heavy (non-hydrogen) atoms. The molecule has 1 aliphatic rings. The van der Waals surface area contributed by atoms with E-state index in [2.05, 4.69) is 53.5 Å². The summed E-state index contributed by atoms with van der Waals surface area (Å²) in [5, 5.41) is 3.16. The lowest BCUT2D eigenvalue weighted by molar-refractivity contribution is -0.127. The van der Waals surface area contributed by atoms with Crippen LogP contribution < -0.4 is 5.32 Å². The Kier molecular flexibility index (Phi) is 7.33. The van der Waals surface area contributed by atoms with Gasteiger partial charge in [-0.05, 0) is 54.5 Å². The molecule has 0 radical (unpaired) electrons. The van der Waals surface area contributed by atoms with Gasteiger partial charge in [0.2, 0.25) is 5.91 Å². The second-order valence-electron chi connectivity index (χ2n) is 8.89. The fourth-order valence-electron chi connectivity index (χ4n) is 4.64. The van der Waals surface area contributed by atoms with Gasteiger partial charge in [-0.2, -0.15) is 0 Å². The van der Waals surface area contributed by atoms with Gasteiger partial charge in [0.1, 0.15) is 5.82 Å². The van der Waals surface area contributed by atoms with Gasteiger partial charge in [-0.3, -0.25) is 9.69 Å². The number of nitrogens with one attached hydrogen (secondary N) is 1. The maximum Gasteiger partial charge on any atom is 0.224 e. The van der Waals surface area contributed by atoms with E-state index >= 15 is 0 Å². The van der Waals surface area contributed by atoms with E-state index in [0.29, 0.717) is 12.5 Å². The largest absolute Gasteiger partial charge is 0.355 e. The van der Waals surface area contributed by atoms with Crippen molar-refractivity contribution in [3.63, 3.8) is 0 Å². The van der Waals surface area contributed by atoms with E-state index in [1.165, 1.54) is 28.8 Å². The van der Waals surface area contributed by atoms with Crippen molar-refractivity contribution < 1.29 is 9.18 Å². The first-order chi connectivity index (χ1) is 15.6. The standard InChI is InChI=1S/C28H31FN2O/c1-21-6-5-9-24(16-21)25-17-26(28(32)30-15-14-22-7-3-2-4-8-22)20-31(19-25)18-23-10-12-27(29)13-11-23/h2-13,16,25-26H,14-15,17-20H2,1H3,(H,30,32)/t25-,26+/m0/s1. The van der Waals surface area contributed by atoms with E-state index in [9.17, 15) is 9.18 Å². The van der Waals surface area contributed by atoms with Gasteiger partial charge >= 0.3 is 0 Å². The molecule has 3 aromatic rings. The molecule has 0 unspecified atom stereocenters. The van der Waals surface area contributed by atoms with Gasteiger partial charge in [0, 0.05) is 26.2 Å². The molecule has 0 saturated carbocycles. The third kappa shape index (κ3) is 6.04. The van der Waals surface area contributed by atoms with Crippen molar-refractivity contribution in [2.75, 3.05) is 19.6 Å². The van der Waals surface area contributed by atoms with Crippen LogP contribution in [-0.4, -0.2) is 30.4 Å². The zero-order valence-corrected chi connectivity index (χ0v) is 18.6. The number of likely N-dealkylation sites (tertiary alicyclic amines) is 1. The minimum Gasteiger partial charge on any atom is -0.355 e. The average Bonchev–Trinajstić information content (AvgIpc) is 2.81. The summed E-state index contributed by atoms with van der Waals surface area (Å²) in [4.78, 5) is 15.4. The van der Waals surface area contributed by atoms with E-state index in [1.54, 1.807) is 0 Å². The Morgan fingerprint density at radius 3 is 2.50 bits per heavy atom. The summed E-state index contributed by atoms with van der Waals surface area (Å²) >= 11 is 0. The number of rotatable bonds is 7. The van der Waals surface area contributed by atoms with Crippen molar-refractivity contribution in [1.82, 2.24) is 10.2 Å². The van der Waals surface area contributed by atoms with Crippen molar-refractivity contribution in [2.24, 2.45) is 5.92 Å². The van der Waals surface area contributed by atoms with Crippen molar-refractivity contribution in [1.29, 1.82) is 0 Å². The van der Waals surface area contributed by atoms with Gasteiger partial charge in [-0.15, -0.1) is 0 Å². The van der Waals surface area contributed by atoms with Crippen LogP contribution in [0.2, 0.25) is 0 Å². The van der Waals surface area contributed by atoms with Crippen LogP contribution in [-0.2, 0) is 17.8 Å². The Bertz CT molecular complexity index is 1020. The minimum absolute atomic E-state index is 0.0644. The summed E-state index contributed by atoms with van der Waals surface area (Å²) in [6.45, 7) is 5.09. The Labute approximate surface area is 190 Å². The molecule has 1 amide bonds. The monoisotopic (exact) mass is 430 g/mol. The van der Waals surface area contributed by atoms with Crippen molar-refractivity contribution >= 4 is 5.91 Å². The van der Waals surface area contributed by atoms with Gasteiger partial charge in [-0.1, -0.05) is 72.3 Å². The number of benzene rings is 3. The number of carbonyl (C=O) groups is 1. The van der Waals surface area contributed by atoms with Crippen molar-refractivity contribution in [2.45, 2.75) is 32.2 Å². The van der Waals surface area contributed by atoms with E-state index in [0.717, 1.165) is 38.0 Å². The third-order valence-electron chi connectivity index (χ3n) is 6.29. The predicted molar refractivity (Wildman–Crippen MR) is 127 cm³/mol. The van der Waals surface area contributed by atoms with Crippen LogP contribution in [0.15, 0.2) is 78.9 Å². The van der Waals surface area contributed by atoms with Gasteiger partial charge in [0.15, 0.2) is 0 Å². The topological polar surface area (TPSA) is 32.3 Å². The van der Waals surface area contributed by atoms with Crippen LogP contribution in [0.3, 0.4) is 0 Å². The Morgan fingerprint density at radius 2 is 1.75 bits per heavy atom. The van der Waals surface area contributed by atoms with Crippen LogP contribution >= 0.6 is 0 Å². The average molecular weight is 431 g/mol. The molecule has 4 heteroatoms. The van der Waals surface area contributed by atoms with Crippen molar-refractivity contribution in [3.8, 4) is 0 Å². The van der Waals surface area contributed by atoms with Crippen LogP contribution in [0.4, 0.5) is 4.39 Å². The number of aryl methyl sites for hydroxylation is 1. The van der Waals surface area contributed by atoms with Crippen LogP contribution in [0.5, 0.6) is 0 Å². The van der Waals surface area contributed by atoms with E-state index < -0.39 is 0 Å². The summed E-state index contributed by atoms with van der Waals surface area (Å²) in [5.41, 5.74) is 4.82. The molecule has 0 bridgehead atoms. The van der Waals surface area contributed by atoms with Gasteiger partial charge in [0.05, 0.1) is 5.92 Å². The fraction of sp³-hybridized carbons (Fsp3) is 0.321. The Hall–Kier alpha value is -2.98. The molecule has 2 atom stereocenters. The zero-order chi connectivity index (χ0) is 22.3. The normalized spacial score (nSPS) is 18.9. The Morgan fingerprint density at radius 1 is 0.969 bits per heavy atom. The molecule has 1 heterocycles. The molecular formula is C28H31FN2O. The maximum atomic E-state index is 13.3. The lowest BCUT2D eigenvalue weighted by Crippen LogP contribution is -2.45. The maximum absolute atomic E-state index is 13.3. The SMILES string of the molecule is Cc1cccc([C@H]2C[C@@H](C(=O)NCCc3ccccc3)CN(Cc3ccc(F)cc3)C2)c1. The first-order valence-electron chi connectivity index (χ1n) is 11.4. The number of hydrogen-bond donors (Lipinski definition) is 1. The summed E-state index contributed by atoms with van der Waals surface area (Å²) in [7, 11) is 0.